The van der Waals surface area contributed by atoms with Crippen molar-refractivity contribution in [2.75, 3.05) is 17.2 Å². The molecule has 5 heteroatoms. The van der Waals surface area contributed by atoms with Gasteiger partial charge in [0.15, 0.2) is 0 Å². The van der Waals surface area contributed by atoms with Crippen molar-refractivity contribution < 1.29 is 4.79 Å². The van der Waals surface area contributed by atoms with Gasteiger partial charge in [0.25, 0.3) is 0 Å². The smallest absolute Gasteiger partial charge is 0.224 e. The number of carbonyl (C=O) groups is 1. The van der Waals surface area contributed by atoms with E-state index in [-0.39, 0.29) is 11.4 Å². The molecule has 0 fully saturated rings. The van der Waals surface area contributed by atoms with Gasteiger partial charge in [0.1, 0.15) is 5.82 Å². The lowest BCUT2D eigenvalue weighted by molar-refractivity contribution is -0.116. The van der Waals surface area contributed by atoms with Gasteiger partial charge in [-0.2, -0.15) is 0 Å². The van der Waals surface area contributed by atoms with Crippen molar-refractivity contribution in [3.8, 4) is 0 Å². The van der Waals surface area contributed by atoms with Crippen molar-refractivity contribution in [3.63, 3.8) is 0 Å². The molecule has 1 heterocycles. The average molecular weight is 250 g/mol. The molecule has 1 aromatic rings. The third-order valence-corrected chi connectivity index (χ3v) is 2.16. The molecule has 0 aliphatic heterocycles. The molecule has 0 aromatic carbocycles. The molecule has 0 radical (unpaired) electrons. The van der Waals surface area contributed by atoms with E-state index in [9.17, 15) is 4.79 Å². The summed E-state index contributed by atoms with van der Waals surface area (Å²) in [6.45, 7) is 6.73. The number of nitrogens with two attached hydrogens (primary N) is 1. The van der Waals surface area contributed by atoms with Crippen LogP contribution in [0, 0.1) is 0 Å². The van der Waals surface area contributed by atoms with Gasteiger partial charge in [-0.3, -0.25) is 4.79 Å². The minimum Gasteiger partial charge on any atom is -0.365 e. The third kappa shape index (κ3) is 5.63. The number of carbonyl (C=O) groups excluding carboxylic acids is 1. The molecule has 0 saturated heterocycles. The van der Waals surface area contributed by atoms with Gasteiger partial charge < -0.3 is 16.4 Å². The normalized spacial score (nSPS) is 11.1. The van der Waals surface area contributed by atoms with E-state index in [0.717, 1.165) is 5.82 Å². The van der Waals surface area contributed by atoms with Crippen LogP contribution in [0.4, 0.5) is 11.5 Å². The van der Waals surface area contributed by atoms with Gasteiger partial charge in [-0.05, 0) is 45.9 Å². The van der Waals surface area contributed by atoms with Crippen LogP contribution in [0.2, 0.25) is 0 Å². The van der Waals surface area contributed by atoms with E-state index in [4.69, 9.17) is 5.73 Å². The minimum absolute atomic E-state index is 0.0289. The number of pyridine rings is 1. The summed E-state index contributed by atoms with van der Waals surface area (Å²) in [5, 5.41) is 6.04. The molecule has 0 aliphatic rings. The molecule has 0 unspecified atom stereocenters. The predicted octanol–water partition coefficient (Wildman–Crippen LogP) is 1.97. The highest BCUT2D eigenvalue weighted by atomic mass is 16.1. The van der Waals surface area contributed by atoms with Crippen LogP contribution in [0.5, 0.6) is 0 Å². The highest BCUT2D eigenvalue weighted by molar-refractivity contribution is 5.90. The zero-order chi connectivity index (χ0) is 13.6. The Bertz CT molecular complexity index is 381. The van der Waals surface area contributed by atoms with Crippen molar-refractivity contribution >= 4 is 17.4 Å². The first-order chi connectivity index (χ1) is 8.40. The second-order valence-corrected chi connectivity index (χ2v) is 5.25. The summed E-state index contributed by atoms with van der Waals surface area (Å²) in [4.78, 5) is 15.7. The first kappa shape index (κ1) is 14.4. The number of amides is 1. The minimum atomic E-state index is -0.0289. The van der Waals surface area contributed by atoms with Gasteiger partial charge in [-0.1, -0.05) is 0 Å². The van der Waals surface area contributed by atoms with Crippen LogP contribution in [0.25, 0.3) is 0 Å². The molecule has 18 heavy (non-hydrogen) atoms. The number of aromatic nitrogens is 1. The molecule has 0 bridgehead atoms. The second kappa shape index (κ2) is 6.35. The average Bonchev–Trinajstić information content (AvgIpc) is 2.27. The van der Waals surface area contributed by atoms with E-state index in [1.54, 1.807) is 6.20 Å². The van der Waals surface area contributed by atoms with E-state index in [1.165, 1.54) is 0 Å². The van der Waals surface area contributed by atoms with Crippen LogP contribution in [0.15, 0.2) is 18.3 Å². The Hall–Kier alpha value is -1.62. The maximum Gasteiger partial charge on any atom is 0.224 e. The Morgan fingerprint density at radius 1 is 1.39 bits per heavy atom. The Morgan fingerprint density at radius 2 is 2.11 bits per heavy atom. The molecule has 0 spiro atoms. The fourth-order valence-corrected chi connectivity index (χ4v) is 1.41. The Labute approximate surface area is 108 Å². The third-order valence-electron chi connectivity index (χ3n) is 2.16. The van der Waals surface area contributed by atoms with Crippen LogP contribution < -0.4 is 16.4 Å². The summed E-state index contributed by atoms with van der Waals surface area (Å²) < 4.78 is 0. The highest BCUT2D eigenvalue weighted by Gasteiger charge is 2.09. The van der Waals surface area contributed by atoms with Crippen molar-refractivity contribution in [3.05, 3.63) is 18.3 Å². The van der Waals surface area contributed by atoms with Gasteiger partial charge in [-0.25, -0.2) is 4.98 Å². The molecule has 0 saturated carbocycles. The lowest BCUT2D eigenvalue weighted by Gasteiger charge is -2.21. The quantitative estimate of drug-likeness (QED) is 0.746. The van der Waals surface area contributed by atoms with E-state index in [2.05, 4.69) is 36.4 Å². The largest absolute Gasteiger partial charge is 0.365 e. The summed E-state index contributed by atoms with van der Waals surface area (Å²) in [5.74, 6) is 0.765. The molecule has 0 aliphatic carbocycles. The first-order valence-corrected chi connectivity index (χ1v) is 6.15. The second-order valence-electron chi connectivity index (χ2n) is 5.25. The van der Waals surface area contributed by atoms with Gasteiger partial charge in [0.05, 0.1) is 11.9 Å². The summed E-state index contributed by atoms with van der Waals surface area (Å²) in [6, 6.07) is 3.69. The first-order valence-electron chi connectivity index (χ1n) is 6.15. The van der Waals surface area contributed by atoms with Gasteiger partial charge in [0, 0.05) is 12.0 Å². The number of hydrogen-bond acceptors (Lipinski definition) is 4. The van der Waals surface area contributed by atoms with Crippen LogP contribution in [-0.2, 0) is 4.79 Å². The monoisotopic (exact) mass is 250 g/mol. The van der Waals surface area contributed by atoms with E-state index in [1.807, 2.05) is 12.1 Å². The number of anilines is 2. The summed E-state index contributed by atoms with van der Waals surface area (Å²) in [7, 11) is 0. The fraction of sp³-hybridized carbons (Fsp3) is 0.538. The van der Waals surface area contributed by atoms with Gasteiger partial charge in [-0.15, -0.1) is 0 Å². The van der Waals surface area contributed by atoms with Crippen molar-refractivity contribution in [1.29, 1.82) is 0 Å². The Kier molecular flexibility index (Phi) is 5.09. The van der Waals surface area contributed by atoms with E-state index < -0.39 is 0 Å². The molecular formula is C13H22N4O. The van der Waals surface area contributed by atoms with E-state index in [0.29, 0.717) is 25.1 Å². The molecule has 1 amide bonds. The van der Waals surface area contributed by atoms with Crippen LogP contribution in [0.1, 0.15) is 33.6 Å². The maximum atomic E-state index is 11.5. The van der Waals surface area contributed by atoms with Gasteiger partial charge >= 0.3 is 0 Å². The molecule has 1 rings (SSSR count). The number of hydrogen-bond donors (Lipinski definition) is 3. The molecule has 5 nitrogen and oxygen atoms in total. The molecular weight excluding hydrogens is 228 g/mol. The van der Waals surface area contributed by atoms with E-state index >= 15 is 0 Å². The molecule has 100 valence electrons. The zero-order valence-corrected chi connectivity index (χ0v) is 11.3. The predicted molar refractivity (Wildman–Crippen MR) is 74.5 cm³/mol. The summed E-state index contributed by atoms with van der Waals surface area (Å²) >= 11 is 0. The van der Waals surface area contributed by atoms with Crippen LogP contribution >= 0.6 is 0 Å². The number of nitrogens with zero attached hydrogens (tertiary/aromatic N) is 1. The fourth-order valence-electron chi connectivity index (χ4n) is 1.41. The van der Waals surface area contributed by atoms with Crippen molar-refractivity contribution in [2.45, 2.75) is 39.2 Å². The maximum absolute atomic E-state index is 11.5. The SMILES string of the molecule is CC(C)(C)Nc1ccc(NC(=O)CCCN)cn1. The topological polar surface area (TPSA) is 80.0 Å². The Morgan fingerprint density at radius 3 is 2.61 bits per heavy atom. The number of nitrogens with one attached hydrogen (secondary N) is 2. The van der Waals surface area contributed by atoms with Crippen molar-refractivity contribution in [2.24, 2.45) is 5.73 Å². The van der Waals surface area contributed by atoms with Crippen molar-refractivity contribution in [1.82, 2.24) is 4.98 Å². The lowest BCUT2D eigenvalue weighted by Crippen LogP contribution is -2.26. The van der Waals surface area contributed by atoms with Gasteiger partial charge in [0.2, 0.25) is 5.91 Å². The highest BCUT2D eigenvalue weighted by Crippen LogP contribution is 2.14. The molecule has 1 aromatic heterocycles. The standard InChI is InChI=1S/C13H22N4O/c1-13(2,3)17-11-7-6-10(9-15-11)16-12(18)5-4-8-14/h6-7,9H,4-5,8,14H2,1-3H3,(H,15,17)(H,16,18). The molecule has 4 N–H and O–H groups in total. The Balaban J connectivity index is 2.52. The molecule has 0 atom stereocenters. The number of rotatable bonds is 5. The summed E-state index contributed by atoms with van der Waals surface area (Å²) in [6.07, 6.45) is 2.79. The lowest BCUT2D eigenvalue weighted by atomic mass is 10.1. The zero-order valence-electron chi connectivity index (χ0n) is 11.3. The summed E-state index contributed by atoms with van der Waals surface area (Å²) in [5.41, 5.74) is 6.02. The van der Waals surface area contributed by atoms with Crippen LogP contribution in [0.3, 0.4) is 0 Å². The van der Waals surface area contributed by atoms with Crippen LogP contribution in [-0.4, -0.2) is 23.0 Å².